The lowest BCUT2D eigenvalue weighted by molar-refractivity contribution is -0.147. The Morgan fingerprint density at radius 3 is 2.69 bits per heavy atom. The van der Waals surface area contributed by atoms with Crippen molar-refractivity contribution < 1.29 is 23.4 Å². The van der Waals surface area contributed by atoms with Gasteiger partial charge in [-0.05, 0) is 73.6 Å². The van der Waals surface area contributed by atoms with Crippen molar-refractivity contribution in [3.63, 3.8) is 0 Å². The summed E-state index contributed by atoms with van der Waals surface area (Å²) in [5.41, 5.74) is 5.25. The fourth-order valence-corrected chi connectivity index (χ4v) is 4.70. The maximum Gasteiger partial charge on any atom is 0.309 e. The summed E-state index contributed by atoms with van der Waals surface area (Å²) < 4.78 is 33.3. The molecule has 0 spiro atoms. The number of ether oxygens (including phenoxy) is 1. The number of nitrogens with zero attached hydrogens (tertiary/aromatic N) is 1. The predicted octanol–water partition coefficient (Wildman–Crippen LogP) is 5.37. The van der Waals surface area contributed by atoms with E-state index in [1.165, 1.54) is 22.3 Å². The molecule has 1 N–H and O–H groups in total. The number of halogens is 3. The van der Waals surface area contributed by atoms with Gasteiger partial charge in [0.1, 0.15) is 17.4 Å². The molecular formula is C25H26ClF2NO3. The minimum absolute atomic E-state index is 0.159. The van der Waals surface area contributed by atoms with Crippen molar-refractivity contribution in [2.24, 2.45) is 5.92 Å². The highest BCUT2D eigenvalue weighted by Crippen LogP contribution is 2.34. The Kier molecular flexibility index (Phi) is 6.82. The number of allylic oxidation sites excluding steroid dienone is 1. The van der Waals surface area contributed by atoms with Crippen molar-refractivity contribution in [3.8, 4) is 5.75 Å². The molecule has 1 aliphatic carbocycles. The predicted molar refractivity (Wildman–Crippen MR) is 120 cm³/mol. The molecule has 170 valence electrons. The van der Waals surface area contributed by atoms with Crippen molar-refractivity contribution in [2.45, 2.75) is 32.6 Å². The lowest BCUT2D eigenvalue weighted by Gasteiger charge is -2.38. The molecule has 2 aromatic rings. The molecular weight excluding hydrogens is 436 g/mol. The maximum atomic E-state index is 13.9. The largest absolute Gasteiger partial charge is 0.494 e. The summed E-state index contributed by atoms with van der Waals surface area (Å²) in [6, 6.07) is 8.18. The van der Waals surface area contributed by atoms with E-state index in [-0.39, 0.29) is 16.5 Å². The molecule has 2 aromatic carbocycles. The van der Waals surface area contributed by atoms with Gasteiger partial charge < -0.3 is 9.84 Å². The smallest absolute Gasteiger partial charge is 0.309 e. The first-order chi connectivity index (χ1) is 15.3. The minimum atomic E-state index is -0.711. The Morgan fingerprint density at radius 1 is 1.19 bits per heavy atom. The highest BCUT2D eigenvalue weighted by atomic mass is 35.5. The molecule has 0 radical (unpaired) electrons. The van der Waals surface area contributed by atoms with Crippen molar-refractivity contribution >= 4 is 23.1 Å². The van der Waals surface area contributed by atoms with Crippen LogP contribution in [0.15, 0.2) is 35.9 Å². The fraction of sp³-hybridized carbons (Fsp3) is 0.400. The van der Waals surface area contributed by atoms with Crippen molar-refractivity contribution in [2.75, 3.05) is 26.2 Å². The lowest BCUT2D eigenvalue weighted by atomic mass is 9.85. The standard InChI is InChI=1S/C25H26ClF2NO3/c1-15-17(12-29-13-18(14-29)25(30)31)5-4-16-11-19(6-7-20(15)16)32-10-2-3-21-22(27)8-9-23(28)24(21)26/h6-9,11,18H,2-5,10,12-14H2,1H3,(H,30,31). The van der Waals surface area contributed by atoms with E-state index < -0.39 is 17.6 Å². The fourth-order valence-electron chi connectivity index (χ4n) is 4.46. The zero-order valence-corrected chi connectivity index (χ0v) is 18.7. The van der Waals surface area contributed by atoms with Crippen LogP contribution >= 0.6 is 11.6 Å². The third-order valence-corrected chi connectivity index (χ3v) is 6.82. The summed E-state index contributed by atoms with van der Waals surface area (Å²) in [5, 5.41) is 8.89. The van der Waals surface area contributed by atoms with Gasteiger partial charge in [-0.3, -0.25) is 9.69 Å². The first-order valence-corrected chi connectivity index (χ1v) is 11.2. The van der Waals surface area contributed by atoms with Gasteiger partial charge >= 0.3 is 5.97 Å². The molecule has 1 aliphatic heterocycles. The van der Waals surface area contributed by atoms with E-state index in [0.29, 0.717) is 32.5 Å². The molecule has 32 heavy (non-hydrogen) atoms. The Hall–Kier alpha value is -2.44. The van der Waals surface area contributed by atoms with Crippen molar-refractivity contribution in [1.29, 1.82) is 0 Å². The van der Waals surface area contributed by atoms with Gasteiger partial charge in [-0.2, -0.15) is 0 Å². The number of hydrogen-bond acceptors (Lipinski definition) is 3. The van der Waals surface area contributed by atoms with Gasteiger partial charge in [0.15, 0.2) is 0 Å². The molecule has 0 unspecified atom stereocenters. The Morgan fingerprint density at radius 2 is 1.94 bits per heavy atom. The molecule has 0 saturated carbocycles. The third-order valence-electron chi connectivity index (χ3n) is 6.41. The molecule has 2 aliphatic rings. The van der Waals surface area contributed by atoms with Crippen LogP contribution in [0.1, 0.15) is 36.5 Å². The number of fused-ring (bicyclic) bond motifs is 1. The van der Waals surface area contributed by atoms with Crippen molar-refractivity contribution in [3.05, 3.63) is 69.3 Å². The minimum Gasteiger partial charge on any atom is -0.494 e. The number of hydrogen-bond donors (Lipinski definition) is 1. The van der Waals surface area contributed by atoms with E-state index >= 15 is 0 Å². The summed E-state index contributed by atoms with van der Waals surface area (Å²) >= 11 is 5.88. The van der Waals surface area contributed by atoms with Gasteiger partial charge in [0.2, 0.25) is 0 Å². The van der Waals surface area contributed by atoms with Gasteiger partial charge in [-0.1, -0.05) is 23.2 Å². The van der Waals surface area contributed by atoms with Crippen molar-refractivity contribution in [1.82, 2.24) is 4.90 Å². The first-order valence-electron chi connectivity index (χ1n) is 10.9. The molecule has 1 heterocycles. The number of carbonyl (C=O) groups is 1. The number of likely N-dealkylation sites (tertiary alicyclic amines) is 1. The average molecular weight is 462 g/mol. The number of rotatable bonds is 8. The van der Waals surface area contributed by atoms with Crippen LogP contribution in [0.2, 0.25) is 5.02 Å². The zero-order chi connectivity index (χ0) is 22.8. The van der Waals surface area contributed by atoms with Gasteiger partial charge in [-0.15, -0.1) is 0 Å². The summed E-state index contributed by atoms with van der Waals surface area (Å²) in [5.74, 6) is -1.30. The quantitative estimate of drug-likeness (QED) is 0.424. The second kappa shape index (κ2) is 9.59. The molecule has 7 heteroatoms. The summed E-state index contributed by atoms with van der Waals surface area (Å²) in [4.78, 5) is 13.2. The first kappa shape index (κ1) is 22.7. The van der Waals surface area contributed by atoms with E-state index in [0.717, 1.165) is 37.3 Å². The number of carboxylic acids is 1. The van der Waals surface area contributed by atoms with E-state index in [4.69, 9.17) is 21.4 Å². The van der Waals surface area contributed by atoms with E-state index in [1.807, 2.05) is 6.07 Å². The van der Waals surface area contributed by atoms with Gasteiger partial charge in [0.05, 0.1) is 17.5 Å². The molecule has 0 bridgehead atoms. The molecule has 4 nitrogen and oxygen atoms in total. The van der Waals surface area contributed by atoms with E-state index in [2.05, 4.69) is 24.0 Å². The number of carboxylic acid groups (broad SMARTS) is 1. The van der Waals surface area contributed by atoms with Crippen LogP contribution in [-0.2, 0) is 17.6 Å². The van der Waals surface area contributed by atoms with Gasteiger partial charge in [-0.25, -0.2) is 8.78 Å². The van der Waals surface area contributed by atoms with Gasteiger partial charge in [0.25, 0.3) is 0 Å². The van der Waals surface area contributed by atoms with Crippen LogP contribution in [0, 0.1) is 17.6 Å². The molecule has 1 saturated heterocycles. The zero-order valence-electron chi connectivity index (χ0n) is 18.0. The molecule has 0 atom stereocenters. The Labute approximate surface area is 191 Å². The van der Waals surface area contributed by atoms with E-state index in [1.54, 1.807) is 0 Å². The second-order valence-corrected chi connectivity index (χ2v) is 8.93. The maximum absolute atomic E-state index is 13.9. The topological polar surface area (TPSA) is 49.8 Å². The van der Waals surface area contributed by atoms with Crippen LogP contribution in [0.4, 0.5) is 8.78 Å². The summed E-state index contributed by atoms with van der Waals surface area (Å²) in [6.45, 7) is 4.57. The highest BCUT2D eigenvalue weighted by molar-refractivity contribution is 6.31. The molecule has 1 fully saturated rings. The number of benzene rings is 2. The van der Waals surface area contributed by atoms with Crippen LogP contribution in [0.5, 0.6) is 5.75 Å². The number of aliphatic carboxylic acids is 1. The Bertz CT molecular complexity index is 1060. The summed E-state index contributed by atoms with van der Waals surface area (Å²) in [7, 11) is 0. The monoisotopic (exact) mass is 461 g/mol. The molecule has 0 aromatic heterocycles. The van der Waals surface area contributed by atoms with Crippen LogP contribution in [-0.4, -0.2) is 42.2 Å². The van der Waals surface area contributed by atoms with Crippen LogP contribution in [0.3, 0.4) is 0 Å². The molecule has 0 amide bonds. The second-order valence-electron chi connectivity index (χ2n) is 8.55. The van der Waals surface area contributed by atoms with E-state index in [9.17, 15) is 13.6 Å². The molecule has 4 rings (SSSR count). The number of aryl methyl sites for hydroxylation is 1. The van der Waals surface area contributed by atoms with Gasteiger partial charge in [0, 0.05) is 25.2 Å². The average Bonchev–Trinajstić information content (AvgIpc) is 2.73. The van der Waals surface area contributed by atoms with Crippen LogP contribution in [0.25, 0.3) is 5.57 Å². The lowest BCUT2D eigenvalue weighted by Crippen LogP contribution is -2.50. The third kappa shape index (κ3) is 4.81. The normalized spacial score (nSPS) is 16.6. The SMILES string of the molecule is CC1=C(CN2CC(C(=O)O)C2)CCc2cc(OCCCc3c(F)ccc(F)c3Cl)ccc21. The highest BCUT2D eigenvalue weighted by Gasteiger charge is 2.33. The van der Waals surface area contributed by atoms with Crippen LogP contribution < -0.4 is 4.74 Å². The summed E-state index contributed by atoms with van der Waals surface area (Å²) in [6.07, 6.45) is 2.69. The Balaban J connectivity index is 1.32.